The molecule has 0 aliphatic carbocycles. The van der Waals surface area contributed by atoms with Gasteiger partial charge in [0, 0.05) is 13.7 Å². The number of hydrogen-bond donors (Lipinski definition) is 2. The summed E-state index contributed by atoms with van der Waals surface area (Å²) >= 11 is 0. The second-order valence-electron chi connectivity index (χ2n) is 6.40. The van der Waals surface area contributed by atoms with Crippen LogP contribution in [0, 0.1) is 6.92 Å². The highest BCUT2D eigenvalue weighted by atomic mass is 16.5. The number of aromatic nitrogens is 3. The lowest BCUT2D eigenvalue weighted by atomic mass is 9.93. The molecule has 8 nitrogen and oxygen atoms in total. The zero-order valence-corrected chi connectivity index (χ0v) is 16.5. The third kappa shape index (κ3) is 5.05. The standard InChI is InChI=1S/C19H29N5O3/c1-5-19(6-2,13-20)21-18(25)17-14(3)22-24(23-17)15-7-9-16(10-8-15)27-12-11-26-4/h7-10H,5-6,11-13,20H2,1-4H3,(H,21,25). The molecule has 2 aromatic rings. The van der Waals surface area contributed by atoms with E-state index in [-0.39, 0.29) is 5.91 Å². The molecule has 0 atom stereocenters. The predicted molar refractivity (Wildman–Crippen MR) is 103 cm³/mol. The monoisotopic (exact) mass is 375 g/mol. The lowest BCUT2D eigenvalue weighted by molar-refractivity contribution is 0.0889. The number of amides is 1. The number of nitrogens with zero attached hydrogens (tertiary/aromatic N) is 3. The number of hydrogen-bond acceptors (Lipinski definition) is 6. The van der Waals surface area contributed by atoms with Gasteiger partial charge in [0.25, 0.3) is 5.91 Å². The van der Waals surface area contributed by atoms with Crippen molar-refractivity contribution in [1.82, 2.24) is 20.3 Å². The Balaban J connectivity index is 2.14. The van der Waals surface area contributed by atoms with Gasteiger partial charge in [-0.1, -0.05) is 13.8 Å². The van der Waals surface area contributed by atoms with E-state index < -0.39 is 5.54 Å². The molecule has 1 aromatic heterocycles. The summed E-state index contributed by atoms with van der Waals surface area (Å²) in [6.45, 7) is 7.18. The van der Waals surface area contributed by atoms with Gasteiger partial charge in [-0.25, -0.2) is 0 Å². The fraction of sp³-hybridized carbons (Fsp3) is 0.526. The van der Waals surface area contributed by atoms with Gasteiger partial charge in [-0.05, 0) is 44.0 Å². The zero-order chi connectivity index (χ0) is 19.9. The first-order chi connectivity index (χ1) is 13.0. The summed E-state index contributed by atoms with van der Waals surface area (Å²) in [7, 11) is 1.63. The number of nitrogens with one attached hydrogen (secondary N) is 1. The van der Waals surface area contributed by atoms with Crippen LogP contribution >= 0.6 is 0 Å². The first-order valence-corrected chi connectivity index (χ1v) is 9.17. The fourth-order valence-electron chi connectivity index (χ4n) is 2.69. The molecule has 2 rings (SSSR count). The third-order valence-corrected chi connectivity index (χ3v) is 4.74. The van der Waals surface area contributed by atoms with Crippen molar-refractivity contribution in [2.24, 2.45) is 5.73 Å². The van der Waals surface area contributed by atoms with Crippen LogP contribution in [0.1, 0.15) is 42.9 Å². The maximum Gasteiger partial charge on any atom is 0.274 e. The molecule has 0 saturated heterocycles. The van der Waals surface area contributed by atoms with Crippen LogP contribution in [0.25, 0.3) is 5.69 Å². The molecule has 148 valence electrons. The number of nitrogens with two attached hydrogens (primary N) is 1. The van der Waals surface area contributed by atoms with Crippen molar-refractivity contribution in [3.05, 3.63) is 35.7 Å². The molecule has 3 N–H and O–H groups in total. The minimum absolute atomic E-state index is 0.257. The van der Waals surface area contributed by atoms with Gasteiger partial charge in [0.15, 0.2) is 5.69 Å². The summed E-state index contributed by atoms with van der Waals surface area (Å²) in [6, 6.07) is 7.34. The molecule has 0 saturated carbocycles. The summed E-state index contributed by atoms with van der Waals surface area (Å²) in [5.41, 5.74) is 7.05. The van der Waals surface area contributed by atoms with E-state index in [2.05, 4.69) is 15.5 Å². The maximum absolute atomic E-state index is 12.7. The summed E-state index contributed by atoms with van der Waals surface area (Å²) in [4.78, 5) is 14.1. The molecule has 1 aromatic carbocycles. The van der Waals surface area contributed by atoms with Gasteiger partial charge in [0.05, 0.1) is 23.5 Å². The van der Waals surface area contributed by atoms with Gasteiger partial charge in [-0.3, -0.25) is 4.79 Å². The molecule has 0 spiro atoms. The van der Waals surface area contributed by atoms with Crippen LogP contribution < -0.4 is 15.8 Å². The summed E-state index contributed by atoms with van der Waals surface area (Å²) in [6.07, 6.45) is 1.51. The van der Waals surface area contributed by atoms with Crippen LogP contribution in [0.2, 0.25) is 0 Å². The van der Waals surface area contributed by atoms with Crippen molar-refractivity contribution in [2.45, 2.75) is 39.2 Å². The van der Waals surface area contributed by atoms with E-state index in [9.17, 15) is 4.79 Å². The Morgan fingerprint density at radius 2 is 1.85 bits per heavy atom. The summed E-state index contributed by atoms with van der Waals surface area (Å²) in [5, 5.41) is 11.8. The Bertz CT molecular complexity index is 730. The van der Waals surface area contributed by atoms with Crippen LogP contribution in [0.5, 0.6) is 5.75 Å². The maximum atomic E-state index is 12.7. The number of benzene rings is 1. The smallest absolute Gasteiger partial charge is 0.274 e. The molecule has 27 heavy (non-hydrogen) atoms. The first kappa shape index (κ1) is 20.9. The van der Waals surface area contributed by atoms with Crippen LogP contribution in [0.3, 0.4) is 0 Å². The second-order valence-corrected chi connectivity index (χ2v) is 6.40. The van der Waals surface area contributed by atoms with E-state index in [1.807, 2.05) is 38.1 Å². The fourth-order valence-corrected chi connectivity index (χ4v) is 2.69. The van der Waals surface area contributed by atoms with Gasteiger partial charge in [-0.2, -0.15) is 9.90 Å². The molecule has 1 heterocycles. The Morgan fingerprint density at radius 3 is 2.41 bits per heavy atom. The predicted octanol–water partition coefficient (Wildman–Crippen LogP) is 1.85. The van der Waals surface area contributed by atoms with Crippen molar-refractivity contribution in [3.8, 4) is 11.4 Å². The molecule has 1 amide bonds. The van der Waals surface area contributed by atoms with Gasteiger partial charge in [-0.15, -0.1) is 5.10 Å². The Hall–Kier alpha value is -2.45. The highest BCUT2D eigenvalue weighted by Gasteiger charge is 2.29. The highest BCUT2D eigenvalue weighted by molar-refractivity contribution is 5.93. The van der Waals surface area contributed by atoms with Crippen LogP contribution in [0.4, 0.5) is 0 Å². The van der Waals surface area contributed by atoms with Crippen LogP contribution in [-0.2, 0) is 4.74 Å². The molecule has 0 bridgehead atoms. The van der Waals surface area contributed by atoms with Gasteiger partial charge < -0.3 is 20.5 Å². The van der Waals surface area contributed by atoms with Crippen molar-refractivity contribution in [2.75, 3.05) is 26.9 Å². The van der Waals surface area contributed by atoms with Crippen molar-refractivity contribution < 1.29 is 14.3 Å². The van der Waals surface area contributed by atoms with Gasteiger partial charge in [0.2, 0.25) is 0 Å². The van der Waals surface area contributed by atoms with Crippen LogP contribution in [0.15, 0.2) is 24.3 Å². The van der Waals surface area contributed by atoms with Crippen LogP contribution in [-0.4, -0.2) is 53.3 Å². The van der Waals surface area contributed by atoms with E-state index >= 15 is 0 Å². The normalized spacial score (nSPS) is 11.4. The minimum Gasteiger partial charge on any atom is -0.491 e. The average molecular weight is 375 g/mol. The molecule has 0 aliphatic rings. The Labute approximate surface area is 160 Å². The van der Waals surface area contributed by atoms with Gasteiger partial charge >= 0.3 is 0 Å². The number of aryl methyl sites for hydroxylation is 1. The van der Waals surface area contributed by atoms with E-state index in [0.717, 1.165) is 24.3 Å². The largest absolute Gasteiger partial charge is 0.491 e. The Morgan fingerprint density at radius 1 is 1.19 bits per heavy atom. The quantitative estimate of drug-likeness (QED) is 0.614. The topological polar surface area (TPSA) is 104 Å². The summed E-state index contributed by atoms with van der Waals surface area (Å²) in [5.74, 6) is 0.476. The van der Waals surface area contributed by atoms with Crippen molar-refractivity contribution in [1.29, 1.82) is 0 Å². The first-order valence-electron chi connectivity index (χ1n) is 9.17. The lowest BCUT2D eigenvalue weighted by Gasteiger charge is -2.31. The lowest BCUT2D eigenvalue weighted by Crippen LogP contribution is -2.53. The molecular formula is C19H29N5O3. The minimum atomic E-state index is -0.422. The molecule has 0 unspecified atom stereocenters. The van der Waals surface area contributed by atoms with Gasteiger partial charge in [0.1, 0.15) is 12.4 Å². The average Bonchev–Trinajstić information content (AvgIpc) is 3.09. The SMILES string of the molecule is CCC(CC)(CN)NC(=O)c1nn(-c2ccc(OCCOC)cc2)nc1C. The van der Waals surface area contributed by atoms with E-state index in [4.69, 9.17) is 15.2 Å². The molecule has 0 aliphatic heterocycles. The molecule has 8 heteroatoms. The zero-order valence-electron chi connectivity index (χ0n) is 16.5. The number of carbonyl (C=O) groups excluding carboxylic acids is 1. The number of carbonyl (C=O) groups is 1. The van der Waals surface area contributed by atoms with E-state index in [1.54, 1.807) is 14.0 Å². The number of rotatable bonds is 10. The van der Waals surface area contributed by atoms with E-state index in [1.165, 1.54) is 4.80 Å². The molecule has 0 radical (unpaired) electrons. The highest BCUT2D eigenvalue weighted by Crippen LogP contribution is 2.17. The molecular weight excluding hydrogens is 346 g/mol. The van der Waals surface area contributed by atoms with E-state index in [0.29, 0.717) is 31.1 Å². The van der Waals surface area contributed by atoms with Crippen molar-refractivity contribution >= 4 is 5.91 Å². The number of methoxy groups -OCH3 is 1. The second kappa shape index (κ2) is 9.48. The Kier molecular flexibility index (Phi) is 7.32. The summed E-state index contributed by atoms with van der Waals surface area (Å²) < 4.78 is 10.5. The molecule has 0 fully saturated rings. The van der Waals surface area contributed by atoms with Crippen molar-refractivity contribution in [3.63, 3.8) is 0 Å². The third-order valence-electron chi connectivity index (χ3n) is 4.74. The number of ether oxygens (including phenoxy) is 2.